The first kappa shape index (κ1) is 20.7. The summed E-state index contributed by atoms with van der Waals surface area (Å²) in [5, 5.41) is 4.20. The summed E-state index contributed by atoms with van der Waals surface area (Å²) >= 11 is 0. The number of nitrogens with two attached hydrogens (primary N) is 1. The SMILES string of the molecule is C=C/C(F)=C(/OC(C)(C)C(F)(F)F)N(C)NC(C=NCC)=NN. The first-order valence-electron chi connectivity index (χ1n) is 6.56. The summed E-state index contributed by atoms with van der Waals surface area (Å²) in [5.74, 6) is 3.30. The van der Waals surface area contributed by atoms with Gasteiger partial charge in [0.25, 0.3) is 0 Å². The molecule has 0 rings (SSSR count). The minimum absolute atomic E-state index is 0.00266. The highest BCUT2D eigenvalue weighted by atomic mass is 19.4. The number of hydrazine groups is 1. The second-order valence-corrected chi connectivity index (χ2v) is 4.78. The molecule has 23 heavy (non-hydrogen) atoms. The van der Waals surface area contributed by atoms with Crippen LogP contribution in [0, 0.1) is 0 Å². The maximum atomic E-state index is 13.9. The lowest BCUT2D eigenvalue weighted by molar-refractivity contribution is -0.258. The van der Waals surface area contributed by atoms with Crippen molar-refractivity contribution in [3.05, 3.63) is 24.4 Å². The lowest BCUT2D eigenvalue weighted by atomic mass is 10.1. The molecule has 0 unspecified atom stereocenters. The number of nitrogens with zero attached hydrogens (tertiary/aromatic N) is 3. The van der Waals surface area contributed by atoms with Crippen molar-refractivity contribution >= 4 is 12.1 Å². The lowest BCUT2D eigenvalue weighted by Crippen LogP contribution is -2.47. The maximum Gasteiger partial charge on any atom is 0.427 e. The third kappa shape index (κ3) is 6.17. The van der Waals surface area contributed by atoms with Gasteiger partial charge in [-0.3, -0.25) is 15.4 Å². The van der Waals surface area contributed by atoms with Crippen LogP contribution in [0.4, 0.5) is 17.6 Å². The Morgan fingerprint density at radius 1 is 1.39 bits per heavy atom. The Balaban J connectivity index is 5.45. The first-order chi connectivity index (χ1) is 10.5. The normalized spacial score (nSPS) is 14.5. The Morgan fingerprint density at radius 3 is 2.35 bits per heavy atom. The van der Waals surface area contributed by atoms with E-state index in [1.54, 1.807) is 6.92 Å². The fraction of sp³-hybridized carbons (Fsp3) is 0.538. The molecule has 0 atom stereocenters. The smallest absolute Gasteiger partial charge is 0.427 e. The third-order valence-corrected chi connectivity index (χ3v) is 2.54. The number of amidine groups is 1. The van der Waals surface area contributed by atoms with Crippen LogP contribution in [0.2, 0.25) is 0 Å². The maximum absolute atomic E-state index is 13.9. The van der Waals surface area contributed by atoms with Crippen LogP contribution in [0.3, 0.4) is 0 Å². The molecule has 0 heterocycles. The highest BCUT2D eigenvalue weighted by Crippen LogP contribution is 2.35. The Morgan fingerprint density at radius 2 is 1.96 bits per heavy atom. The van der Waals surface area contributed by atoms with Gasteiger partial charge in [-0.1, -0.05) is 6.58 Å². The average molecular weight is 339 g/mol. The van der Waals surface area contributed by atoms with E-state index in [1.165, 1.54) is 13.3 Å². The number of aliphatic imine (C=N–C) groups is 1. The molecule has 0 radical (unpaired) electrons. The summed E-state index contributed by atoms with van der Waals surface area (Å²) in [7, 11) is 1.23. The van der Waals surface area contributed by atoms with Crippen LogP contribution in [0.25, 0.3) is 0 Å². The minimum Gasteiger partial charge on any atom is -0.460 e. The van der Waals surface area contributed by atoms with Gasteiger partial charge in [0.1, 0.15) is 0 Å². The molecule has 3 N–H and O–H groups in total. The van der Waals surface area contributed by atoms with Crippen molar-refractivity contribution in [1.82, 2.24) is 10.4 Å². The van der Waals surface area contributed by atoms with Gasteiger partial charge in [-0.15, -0.1) is 0 Å². The Kier molecular flexibility index (Phi) is 7.57. The summed E-state index contributed by atoms with van der Waals surface area (Å²) in [6, 6.07) is 0. The van der Waals surface area contributed by atoms with E-state index >= 15 is 0 Å². The van der Waals surface area contributed by atoms with Crippen LogP contribution in [-0.4, -0.2) is 42.4 Å². The van der Waals surface area contributed by atoms with E-state index in [0.29, 0.717) is 6.54 Å². The molecule has 0 aliphatic rings. The number of hydrazone groups is 1. The molecule has 0 aliphatic carbocycles. The Bertz CT molecular complexity index is 497. The molecular weight excluding hydrogens is 318 g/mol. The van der Waals surface area contributed by atoms with Crippen LogP contribution >= 0.6 is 0 Å². The van der Waals surface area contributed by atoms with Crippen molar-refractivity contribution in [3.63, 3.8) is 0 Å². The summed E-state index contributed by atoms with van der Waals surface area (Å²) in [5.41, 5.74) is -0.167. The van der Waals surface area contributed by atoms with Crippen molar-refractivity contribution in [1.29, 1.82) is 0 Å². The van der Waals surface area contributed by atoms with E-state index in [2.05, 4.69) is 22.1 Å². The molecule has 0 amide bonds. The number of halogens is 4. The number of alkyl halides is 3. The van der Waals surface area contributed by atoms with E-state index in [4.69, 9.17) is 10.6 Å². The molecule has 0 aromatic rings. The van der Waals surface area contributed by atoms with Crippen molar-refractivity contribution in [2.45, 2.75) is 32.5 Å². The third-order valence-electron chi connectivity index (χ3n) is 2.54. The zero-order chi connectivity index (χ0) is 18.3. The first-order valence-corrected chi connectivity index (χ1v) is 6.56. The van der Waals surface area contributed by atoms with Crippen molar-refractivity contribution in [2.75, 3.05) is 13.6 Å². The van der Waals surface area contributed by atoms with Gasteiger partial charge in [0.2, 0.25) is 5.88 Å². The molecule has 0 bridgehead atoms. The second-order valence-electron chi connectivity index (χ2n) is 4.78. The second kappa shape index (κ2) is 8.39. The predicted molar refractivity (Wildman–Crippen MR) is 81.1 cm³/mol. The molecule has 0 aliphatic heterocycles. The van der Waals surface area contributed by atoms with Crippen LogP contribution in [0.15, 0.2) is 34.5 Å². The van der Waals surface area contributed by atoms with Gasteiger partial charge >= 0.3 is 6.18 Å². The summed E-state index contributed by atoms with van der Waals surface area (Å²) in [4.78, 5) is 3.86. The number of nitrogens with one attached hydrogen (secondary N) is 1. The van der Waals surface area contributed by atoms with E-state index < -0.39 is 23.5 Å². The van der Waals surface area contributed by atoms with Crippen molar-refractivity contribution < 1.29 is 22.3 Å². The van der Waals surface area contributed by atoms with Crippen LogP contribution < -0.4 is 11.3 Å². The van der Waals surface area contributed by atoms with E-state index in [-0.39, 0.29) is 5.84 Å². The van der Waals surface area contributed by atoms with E-state index in [0.717, 1.165) is 24.9 Å². The van der Waals surface area contributed by atoms with Gasteiger partial charge in [0, 0.05) is 13.6 Å². The molecule has 0 saturated heterocycles. The van der Waals surface area contributed by atoms with Gasteiger partial charge < -0.3 is 10.6 Å². The standard InChI is InChI=1S/C13H21F4N5O/c1-6-9(14)11(23-12(3,4)13(15,16)17)22(5)21-10(20-18)8-19-7-2/h6,8H,1,7,18H2,2-5H3,(H,20,21)/b11-9-,19-8?. The largest absolute Gasteiger partial charge is 0.460 e. The molecule has 0 aromatic carbocycles. The average Bonchev–Trinajstić information content (AvgIpc) is 2.46. The summed E-state index contributed by atoms with van der Waals surface area (Å²) in [6.45, 7) is 6.91. The molecule has 132 valence electrons. The number of allylic oxidation sites excluding steroid dienone is 2. The zero-order valence-electron chi connectivity index (χ0n) is 13.4. The van der Waals surface area contributed by atoms with Gasteiger partial charge in [0.05, 0.1) is 6.21 Å². The predicted octanol–water partition coefficient (Wildman–Crippen LogP) is 2.47. The molecular formula is C13H21F4N5O. The molecule has 0 saturated carbocycles. The number of ether oxygens (including phenoxy) is 1. The number of hydrogen-bond donors (Lipinski definition) is 2. The Labute approximate surface area is 132 Å². The monoisotopic (exact) mass is 339 g/mol. The molecule has 0 fully saturated rings. The number of rotatable bonds is 7. The van der Waals surface area contributed by atoms with Gasteiger partial charge in [0.15, 0.2) is 17.3 Å². The molecule has 0 spiro atoms. The van der Waals surface area contributed by atoms with Crippen LogP contribution in [0.1, 0.15) is 20.8 Å². The molecule has 10 heteroatoms. The van der Waals surface area contributed by atoms with E-state index in [1.807, 2.05) is 0 Å². The fourth-order valence-electron chi connectivity index (χ4n) is 1.16. The quantitative estimate of drug-likeness (QED) is 0.142. The van der Waals surface area contributed by atoms with Gasteiger partial charge in [-0.25, -0.2) is 4.39 Å². The highest BCUT2D eigenvalue weighted by Gasteiger charge is 2.50. The molecule has 6 nitrogen and oxygen atoms in total. The summed E-state index contributed by atoms with van der Waals surface area (Å²) < 4.78 is 57.4. The van der Waals surface area contributed by atoms with Gasteiger partial charge in [-0.05, 0) is 26.8 Å². The van der Waals surface area contributed by atoms with Crippen LogP contribution in [0.5, 0.6) is 0 Å². The zero-order valence-corrected chi connectivity index (χ0v) is 13.4. The molecule has 0 aromatic heterocycles. The number of hydrogen-bond acceptors (Lipinski definition) is 5. The van der Waals surface area contributed by atoms with Crippen LogP contribution in [-0.2, 0) is 4.74 Å². The topological polar surface area (TPSA) is 75.2 Å². The minimum atomic E-state index is -4.71. The Hall–Kier alpha value is -2.26. The van der Waals surface area contributed by atoms with Crippen molar-refractivity contribution in [2.24, 2.45) is 15.9 Å². The highest BCUT2D eigenvalue weighted by molar-refractivity contribution is 6.29. The van der Waals surface area contributed by atoms with E-state index in [9.17, 15) is 17.6 Å². The summed E-state index contributed by atoms with van der Waals surface area (Å²) in [6.07, 6.45) is -2.75. The van der Waals surface area contributed by atoms with Crippen molar-refractivity contribution in [3.8, 4) is 0 Å². The fourth-order valence-corrected chi connectivity index (χ4v) is 1.16. The van der Waals surface area contributed by atoms with Gasteiger partial charge in [-0.2, -0.15) is 18.3 Å². The lowest BCUT2D eigenvalue weighted by Gasteiger charge is -2.33.